The second kappa shape index (κ2) is 6.60. The molecule has 1 unspecified atom stereocenters. The van der Waals surface area contributed by atoms with Crippen LogP contribution in [0.3, 0.4) is 0 Å². The Balaban J connectivity index is 1.54. The average molecular weight is 300 g/mol. The monoisotopic (exact) mass is 300 g/mol. The molecular weight excluding hydrogens is 276 g/mol. The molecule has 1 saturated heterocycles. The quantitative estimate of drug-likeness (QED) is 0.781. The summed E-state index contributed by atoms with van der Waals surface area (Å²) in [5.41, 5.74) is 1.73. The van der Waals surface area contributed by atoms with Crippen LogP contribution in [0.2, 0.25) is 0 Å². The predicted molar refractivity (Wildman–Crippen MR) is 87.1 cm³/mol. The molecule has 0 spiro atoms. The number of nitrogens with one attached hydrogen (secondary N) is 2. The van der Waals surface area contributed by atoms with E-state index in [9.17, 15) is 5.11 Å². The predicted octanol–water partition coefficient (Wildman–Crippen LogP) is 1.38. The Kier molecular flexibility index (Phi) is 4.57. The van der Waals surface area contributed by atoms with E-state index in [4.69, 9.17) is 0 Å². The SMILES string of the molecule is Cc1nccn1-c1ccc(CNCC2(O)CCCNC2)cc1. The number of nitrogens with zero attached hydrogens (tertiary/aromatic N) is 2. The van der Waals surface area contributed by atoms with Crippen LogP contribution in [0.15, 0.2) is 36.7 Å². The highest BCUT2D eigenvalue weighted by Crippen LogP contribution is 2.15. The van der Waals surface area contributed by atoms with Crippen molar-refractivity contribution in [2.45, 2.75) is 31.9 Å². The standard InChI is InChI=1S/C17H24N4O/c1-14-20-9-10-21(14)16-5-3-15(4-6-16)11-19-13-17(22)7-2-8-18-12-17/h3-6,9-10,18-19,22H,2,7-8,11-13H2,1H3. The Hall–Kier alpha value is -1.69. The maximum absolute atomic E-state index is 10.4. The molecule has 0 saturated carbocycles. The summed E-state index contributed by atoms with van der Waals surface area (Å²) in [6, 6.07) is 8.43. The first-order valence-corrected chi connectivity index (χ1v) is 7.89. The highest BCUT2D eigenvalue weighted by molar-refractivity contribution is 5.35. The van der Waals surface area contributed by atoms with Crippen molar-refractivity contribution >= 4 is 0 Å². The van der Waals surface area contributed by atoms with Crippen LogP contribution < -0.4 is 10.6 Å². The van der Waals surface area contributed by atoms with Gasteiger partial charge in [0.05, 0.1) is 5.60 Å². The highest BCUT2D eigenvalue weighted by Gasteiger charge is 2.28. The molecule has 118 valence electrons. The van der Waals surface area contributed by atoms with E-state index in [1.165, 1.54) is 5.56 Å². The van der Waals surface area contributed by atoms with Crippen molar-refractivity contribution in [1.82, 2.24) is 20.2 Å². The van der Waals surface area contributed by atoms with E-state index in [1.54, 1.807) is 0 Å². The van der Waals surface area contributed by atoms with Crippen LogP contribution in [0.4, 0.5) is 0 Å². The van der Waals surface area contributed by atoms with Gasteiger partial charge in [-0.25, -0.2) is 4.98 Å². The number of rotatable bonds is 5. The molecule has 0 aliphatic carbocycles. The Labute approximate surface area is 131 Å². The first kappa shape index (κ1) is 15.2. The zero-order valence-electron chi connectivity index (χ0n) is 13.0. The van der Waals surface area contributed by atoms with Crippen molar-refractivity contribution in [3.8, 4) is 5.69 Å². The lowest BCUT2D eigenvalue weighted by atomic mass is 9.94. The van der Waals surface area contributed by atoms with Gasteiger partial charge in [-0.15, -0.1) is 0 Å². The van der Waals surface area contributed by atoms with Crippen molar-refractivity contribution in [1.29, 1.82) is 0 Å². The maximum Gasteiger partial charge on any atom is 0.110 e. The molecule has 0 radical (unpaired) electrons. The number of aromatic nitrogens is 2. The largest absolute Gasteiger partial charge is 0.387 e. The first-order chi connectivity index (χ1) is 10.7. The van der Waals surface area contributed by atoms with Crippen LogP contribution in [-0.4, -0.2) is 39.9 Å². The summed E-state index contributed by atoms with van der Waals surface area (Å²) in [5.74, 6) is 0.984. The molecule has 1 fully saturated rings. The maximum atomic E-state index is 10.4. The smallest absolute Gasteiger partial charge is 0.110 e. The fourth-order valence-electron chi connectivity index (χ4n) is 2.97. The number of aryl methyl sites for hydroxylation is 1. The molecule has 1 aliphatic rings. The summed E-state index contributed by atoms with van der Waals surface area (Å²) >= 11 is 0. The lowest BCUT2D eigenvalue weighted by Gasteiger charge is -2.32. The number of β-amino-alcohol motifs (C(OH)–C–C–N with tert-alkyl or cyclic N) is 1. The summed E-state index contributed by atoms with van der Waals surface area (Å²) in [7, 11) is 0. The number of imidazole rings is 1. The third-order valence-corrected chi connectivity index (χ3v) is 4.27. The second-order valence-corrected chi connectivity index (χ2v) is 6.12. The van der Waals surface area contributed by atoms with Gasteiger partial charge in [-0.05, 0) is 44.0 Å². The van der Waals surface area contributed by atoms with Crippen LogP contribution in [0.5, 0.6) is 0 Å². The lowest BCUT2D eigenvalue weighted by Crippen LogP contribution is -2.51. The van der Waals surface area contributed by atoms with Crippen molar-refractivity contribution in [3.05, 3.63) is 48.0 Å². The topological polar surface area (TPSA) is 62.1 Å². The number of hydrogen-bond donors (Lipinski definition) is 3. The summed E-state index contributed by atoms with van der Waals surface area (Å²) in [4.78, 5) is 4.24. The normalized spacial score (nSPS) is 21.9. The van der Waals surface area contributed by atoms with Gasteiger partial charge in [0.2, 0.25) is 0 Å². The van der Waals surface area contributed by atoms with Crippen LogP contribution in [0, 0.1) is 6.92 Å². The Morgan fingerprint density at radius 1 is 1.36 bits per heavy atom. The average Bonchev–Trinajstić information content (AvgIpc) is 2.95. The molecule has 5 heteroatoms. The number of piperidine rings is 1. The van der Waals surface area contributed by atoms with E-state index in [1.807, 2.05) is 19.3 Å². The van der Waals surface area contributed by atoms with Gasteiger partial charge in [-0.2, -0.15) is 0 Å². The molecule has 0 amide bonds. The summed E-state index contributed by atoms with van der Waals surface area (Å²) < 4.78 is 2.06. The van der Waals surface area contributed by atoms with Gasteiger partial charge in [0.25, 0.3) is 0 Å². The van der Waals surface area contributed by atoms with Gasteiger partial charge in [-0.3, -0.25) is 0 Å². The molecule has 3 N–H and O–H groups in total. The summed E-state index contributed by atoms with van der Waals surface area (Å²) in [5, 5.41) is 17.0. The Bertz CT molecular complexity index is 599. The molecule has 3 rings (SSSR count). The fraction of sp³-hybridized carbons (Fsp3) is 0.471. The molecule has 1 atom stereocenters. The summed E-state index contributed by atoms with van der Waals surface area (Å²) in [6.45, 7) is 5.08. The molecule has 5 nitrogen and oxygen atoms in total. The number of aliphatic hydroxyl groups is 1. The van der Waals surface area contributed by atoms with Gasteiger partial charge in [0.15, 0.2) is 0 Å². The molecule has 2 heterocycles. The zero-order valence-corrected chi connectivity index (χ0v) is 13.0. The molecule has 1 aliphatic heterocycles. The van der Waals surface area contributed by atoms with Gasteiger partial charge in [0.1, 0.15) is 5.82 Å². The molecule has 22 heavy (non-hydrogen) atoms. The van der Waals surface area contributed by atoms with Crippen LogP contribution in [0.25, 0.3) is 5.69 Å². The van der Waals surface area contributed by atoms with Gasteiger partial charge in [0, 0.05) is 37.7 Å². The number of hydrogen-bond acceptors (Lipinski definition) is 4. The Morgan fingerprint density at radius 3 is 2.82 bits per heavy atom. The zero-order chi connectivity index (χ0) is 15.4. The molecule has 1 aromatic heterocycles. The third-order valence-electron chi connectivity index (χ3n) is 4.27. The van der Waals surface area contributed by atoms with Crippen LogP contribution >= 0.6 is 0 Å². The third kappa shape index (κ3) is 3.55. The Morgan fingerprint density at radius 2 is 2.18 bits per heavy atom. The number of benzene rings is 1. The van der Waals surface area contributed by atoms with Gasteiger partial charge < -0.3 is 20.3 Å². The van der Waals surface area contributed by atoms with E-state index in [0.29, 0.717) is 13.1 Å². The van der Waals surface area contributed by atoms with E-state index in [-0.39, 0.29) is 0 Å². The van der Waals surface area contributed by atoms with E-state index < -0.39 is 5.60 Å². The minimum Gasteiger partial charge on any atom is -0.387 e. The van der Waals surface area contributed by atoms with E-state index >= 15 is 0 Å². The van der Waals surface area contributed by atoms with Crippen molar-refractivity contribution in [2.75, 3.05) is 19.6 Å². The van der Waals surface area contributed by atoms with Gasteiger partial charge >= 0.3 is 0 Å². The molecular formula is C17H24N4O. The summed E-state index contributed by atoms with van der Waals surface area (Å²) in [6.07, 6.45) is 5.68. The highest BCUT2D eigenvalue weighted by atomic mass is 16.3. The molecule has 1 aromatic carbocycles. The van der Waals surface area contributed by atoms with Crippen molar-refractivity contribution in [3.63, 3.8) is 0 Å². The molecule has 2 aromatic rings. The van der Waals surface area contributed by atoms with Crippen molar-refractivity contribution < 1.29 is 5.11 Å². The van der Waals surface area contributed by atoms with Gasteiger partial charge in [-0.1, -0.05) is 12.1 Å². The fourth-order valence-corrected chi connectivity index (χ4v) is 2.97. The van der Waals surface area contributed by atoms with Crippen molar-refractivity contribution in [2.24, 2.45) is 0 Å². The minimum atomic E-state index is -0.605. The van der Waals surface area contributed by atoms with Crippen LogP contribution in [-0.2, 0) is 6.54 Å². The second-order valence-electron chi connectivity index (χ2n) is 6.12. The molecule has 0 bridgehead atoms. The van der Waals surface area contributed by atoms with Crippen LogP contribution in [0.1, 0.15) is 24.2 Å². The first-order valence-electron chi connectivity index (χ1n) is 7.89. The minimum absolute atomic E-state index is 0.605. The van der Waals surface area contributed by atoms with E-state index in [0.717, 1.165) is 37.4 Å². The lowest BCUT2D eigenvalue weighted by molar-refractivity contribution is 0.0169. The van der Waals surface area contributed by atoms with E-state index in [2.05, 4.69) is 44.5 Å².